The highest BCUT2D eigenvalue weighted by atomic mass is 32.2. The summed E-state index contributed by atoms with van der Waals surface area (Å²) in [5.74, 6) is -0.278. The van der Waals surface area contributed by atoms with Gasteiger partial charge in [0.25, 0.3) is 0 Å². The van der Waals surface area contributed by atoms with Gasteiger partial charge in [-0.1, -0.05) is 0 Å². The molecule has 0 atom stereocenters. The van der Waals surface area contributed by atoms with Gasteiger partial charge in [-0.2, -0.15) is 17.5 Å². The van der Waals surface area contributed by atoms with E-state index < -0.39 is 28.8 Å². The molecule has 0 heterocycles. The molecule has 0 amide bonds. The van der Waals surface area contributed by atoms with E-state index in [0.717, 1.165) is 0 Å². The first kappa shape index (κ1) is 11.8. The Morgan fingerprint density at radius 1 is 1.36 bits per heavy atom. The molecule has 1 fully saturated rings. The van der Waals surface area contributed by atoms with E-state index in [1.807, 2.05) is 0 Å². The third-order valence-electron chi connectivity index (χ3n) is 2.01. The van der Waals surface area contributed by atoms with E-state index in [9.17, 15) is 21.6 Å². The first-order chi connectivity index (χ1) is 6.26. The maximum Gasteiger partial charge on any atom is 0.402 e. The van der Waals surface area contributed by atoms with Gasteiger partial charge >= 0.3 is 6.18 Å². The predicted octanol–water partition coefficient (Wildman–Crippen LogP) is 1.36. The second kappa shape index (κ2) is 3.69. The molecule has 0 aromatic carbocycles. The van der Waals surface area contributed by atoms with Gasteiger partial charge in [-0.3, -0.25) is 0 Å². The largest absolute Gasteiger partial charge is 0.402 e. The van der Waals surface area contributed by atoms with Crippen molar-refractivity contribution in [3.05, 3.63) is 0 Å². The molecular weight excluding hydrogens is 219 g/mol. The van der Waals surface area contributed by atoms with Crippen LogP contribution in [-0.4, -0.2) is 37.2 Å². The summed E-state index contributed by atoms with van der Waals surface area (Å²) in [6.45, 7) is -0.00503. The summed E-state index contributed by atoms with van der Waals surface area (Å²) in [5, 5.41) is 0. The molecule has 0 aromatic heterocycles. The lowest BCUT2D eigenvalue weighted by molar-refractivity contribution is -0.136. The zero-order valence-corrected chi connectivity index (χ0v) is 8.53. The molecular formula is C7H12F3NO2S. The average molecular weight is 231 g/mol. The van der Waals surface area contributed by atoms with Crippen molar-refractivity contribution in [2.24, 2.45) is 0 Å². The van der Waals surface area contributed by atoms with Crippen LogP contribution < -0.4 is 0 Å². The molecule has 1 rings (SSSR count). The maximum absolute atomic E-state index is 12.1. The van der Waals surface area contributed by atoms with Gasteiger partial charge in [0.2, 0.25) is 10.0 Å². The van der Waals surface area contributed by atoms with E-state index in [1.165, 1.54) is 6.92 Å². The highest BCUT2D eigenvalue weighted by Gasteiger charge is 2.43. The molecule has 0 spiro atoms. The summed E-state index contributed by atoms with van der Waals surface area (Å²) in [6.07, 6.45) is -3.38. The molecule has 1 saturated carbocycles. The molecule has 14 heavy (non-hydrogen) atoms. The standard InChI is InChI=1S/C7H12F3NO2S/c1-2-14(12,13)11(6-3-4-6)5-7(8,9)10/h6H,2-5H2,1H3. The third kappa shape index (κ3) is 3.13. The fourth-order valence-electron chi connectivity index (χ4n) is 1.16. The molecule has 1 aliphatic rings. The fraction of sp³-hybridized carbons (Fsp3) is 1.00. The fourth-order valence-corrected chi connectivity index (χ4v) is 2.50. The Hall–Kier alpha value is -0.300. The topological polar surface area (TPSA) is 37.4 Å². The summed E-state index contributed by atoms with van der Waals surface area (Å²) in [6, 6.07) is -0.429. The molecule has 0 bridgehead atoms. The van der Waals surface area contributed by atoms with Crippen molar-refractivity contribution in [2.75, 3.05) is 12.3 Å². The van der Waals surface area contributed by atoms with Crippen molar-refractivity contribution < 1.29 is 21.6 Å². The van der Waals surface area contributed by atoms with Crippen LogP contribution in [0.4, 0.5) is 13.2 Å². The number of hydrogen-bond donors (Lipinski definition) is 0. The van der Waals surface area contributed by atoms with Crippen LogP contribution in [0.25, 0.3) is 0 Å². The summed E-state index contributed by atoms with van der Waals surface area (Å²) >= 11 is 0. The minimum atomic E-state index is -4.45. The predicted molar refractivity (Wildman–Crippen MR) is 45.2 cm³/mol. The number of halogens is 3. The Morgan fingerprint density at radius 3 is 2.14 bits per heavy atom. The summed E-state index contributed by atoms with van der Waals surface area (Å²) < 4.78 is 59.3. The van der Waals surface area contributed by atoms with Crippen LogP contribution in [0.15, 0.2) is 0 Å². The van der Waals surface area contributed by atoms with E-state index in [4.69, 9.17) is 0 Å². The Balaban J connectivity index is 2.75. The van der Waals surface area contributed by atoms with E-state index in [0.29, 0.717) is 17.1 Å². The molecule has 0 saturated heterocycles. The van der Waals surface area contributed by atoms with Crippen LogP contribution in [0.3, 0.4) is 0 Å². The van der Waals surface area contributed by atoms with Crippen LogP contribution in [0.5, 0.6) is 0 Å². The van der Waals surface area contributed by atoms with Crippen LogP contribution >= 0.6 is 0 Å². The average Bonchev–Trinajstić information content (AvgIpc) is 2.81. The van der Waals surface area contributed by atoms with Crippen LogP contribution in [0.1, 0.15) is 19.8 Å². The van der Waals surface area contributed by atoms with Gasteiger partial charge in [0.15, 0.2) is 0 Å². The molecule has 0 unspecified atom stereocenters. The van der Waals surface area contributed by atoms with Crippen LogP contribution in [0, 0.1) is 0 Å². The molecule has 1 aliphatic carbocycles. The van der Waals surface area contributed by atoms with E-state index >= 15 is 0 Å². The lowest BCUT2D eigenvalue weighted by Crippen LogP contribution is -2.41. The van der Waals surface area contributed by atoms with Gasteiger partial charge in [0.1, 0.15) is 6.54 Å². The monoisotopic (exact) mass is 231 g/mol. The van der Waals surface area contributed by atoms with Gasteiger partial charge < -0.3 is 0 Å². The lowest BCUT2D eigenvalue weighted by atomic mass is 10.6. The van der Waals surface area contributed by atoms with Gasteiger partial charge in [-0.15, -0.1) is 0 Å². The number of hydrogen-bond acceptors (Lipinski definition) is 2. The Bertz CT molecular complexity index is 295. The molecule has 0 aliphatic heterocycles. The van der Waals surface area contributed by atoms with Gasteiger partial charge in [0.05, 0.1) is 5.75 Å². The van der Waals surface area contributed by atoms with Crippen molar-refractivity contribution in [3.63, 3.8) is 0 Å². The molecule has 0 radical (unpaired) electrons. The first-order valence-electron chi connectivity index (χ1n) is 4.32. The molecule has 7 heteroatoms. The minimum Gasteiger partial charge on any atom is -0.212 e. The summed E-state index contributed by atoms with van der Waals surface area (Å²) in [5.41, 5.74) is 0. The minimum absolute atomic E-state index is 0.278. The van der Waals surface area contributed by atoms with Crippen molar-refractivity contribution in [2.45, 2.75) is 32.0 Å². The van der Waals surface area contributed by atoms with Crippen LogP contribution in [-0.2, 0) is 10.0 Å². The Morgan fingerprint density at radius 2 is 1.86 bits per heavy atom. The lowest BCUT2D eigenvalue weighted by Gasteiger charge is -2.22. The highest BCUT2D eigenvalue weighted by molar-refractivity contribution is 7.89. The van der Waals surface area contributed by atoms with E-state index in [1.54, 1.807) is 0 Å². The summed E-state index contributed by atoms with van der Waals surface area (Å²) in [7, 11) is -3.72. The first-order valence-corrected chi connectivity index (χ1v) is 5.93. The number of rotatable bonds is 4. The Kier molecular flexibility index (Phi) is 3.10. The number of nitrogens with zero attached hydrogens (tertiary/aromatic N) is 1. The SMILES string of the molecule is CCS(=O)(=O)N(CC(F)(F)F)C1CC1. The molecule has 0 N–H and O–H groups in total. The van der Waals surface area contributed by atoms with Crippen LogP contribution in [0.2, 0.25) is 0 Å². The number of sulfonamides is 1. The van der Waals surface area contributed by atoms with E-state index in [-0.39, 0.29) is 5.75 Å². The highest BCUT2D eigenvalue weighted by Crippen LogP contribution is 2.32. The zero-order valence-electron chi connectivity index (χ0n) is 7.71. The van der Waals surface area contributed by atoms with Gasteiger partial charge in [-0.05, 0) is 19.8 Å². The maximum atomic E-state index is 12.1. The normalized spacial score (nSPS) is 18.9. The quantitative estimate of drug-likeness (QED) is 0.732. The number of alkyl halides is 3. The van der Waals surface area contributed by atoms with Gasteiger partial charge in [0, 0.05) is 6.04 Å². The van der Waals surface area contributed by atoms with E-state index in [2.05, 4.69) is 0 Å². The molecule has 3 nitrogen and oxygen atoms in total. The molecule has 84 valence electrons. The van der Waals surface area contributed by atoms with Crippen molar-refractivity contribution >= 4 is 10.0 Å². The zero-order chi connectivity index (χ0) is 11.0. The van der Waals surface area contributed by atoms with Crippen molar-refractivity contribution in [1.82, 2.24) is 4.31 Å². The second-order valence-electron chi connectivity index (χ2n) is 3.29. The smallest absolute Gasteiger partial charge is 0.212 e. The summed E-state index contributed by atoms with van der Waals surface area (Å²) in [4.78, 5) is 0. The van der Waals surface area contributed by atoms with Gasteiger partial charge in [-0.25, -0.2) is 8.42 Å². The second-order valence-corrected chi connectivity index (χ2v) is 5.50. The molecule has 0 aromatic rings. The Labute approximate surface area is 80.9 Å². The van der Waals surface area contributed by atoms with Crippen molar-refractivity contribution in [1.29, 1.82) is 0 Å². The third-order valence-corrected chi connectivity index (χ3v) is 3.88. The van der Waals surface area contributed by atoms with Crippen molar-refractivity contribution in [3.8, 4) is 0 Å².